The number of esters is 1. The Balaban J connectivity index is 0.655. The first kappa shape index (κ1) is 101. The maximum atomic E-state index is 15.7. The number of methoxy groups -OCH3 is 2. The van der Waals surface area contributed by atoms with E-state index in [1.54, 1.807) is 18.0 Å². The van der Waals surface area contributed by atoms with Crippen molar-refractivity contribution in [2.75, 3.05) is 95.4 Å². The molecule has 47 nitrogen and oxygen atoms in total. The van der Waals surface area contributed by atoms with Crippen LogP contribution in [-0.2, 0) is 89.1 Å². The number of likely N-dealkylation sites (N-methyl/N-ethyl adjacent to an activating group) is 1. The van der Waals surface area contributed by atoms with Crippen LogP contribution in [0, 0.1) is 16.7 Å². The van der Waals surface area contributed by atoms with Gasteiger partial charge in [0.15, 0.2) is 23.4 Å². The van der Waals surface area contributed by atoms with Crippen LogP contribution in [0.1, 0.15) is 124 Å². The van der Waals surface area contributed by atoms with Crippen LogP contribution in [0.4, 0.5) is 16.2 Å². The number of aliphatic imine (C=N–C) groups is 4. The number of guanidine groups is 2. The van der Waals surface area contributed by atoms with E-state index in [1.165, 1.54) is 44.7 Å². The number of rotatable bonds is 41. The fourth-order valence-electron chi connectivity index (χ4n) is 19.9. The predicted molar refractivity (Wildman–Crippen MR) is 486 cm³/mol. The number of aliphatic carboxylic acids is 5. The second-order valence-electron chi connectivity index (χ2n) is 34.3. The molecule has 0 radical (unpaired) electrons. The molecule has 1 spiro atoms. The number of hydrazine groups is 1. The normalized spacial score (nSPS) is 25.2. The second kappa shape index (κ2) is 42.5. The van der Waals surface area contributed by atoms with Gasteiger partial charge in [-0.3, -0.25) is 83.2 Å². The number of aromatic nitrogens is 1. The molecular weight excluding hydrogens is 1810 g/mol. The van der Waals surface area contributed by atoms with E-state index in [0.717, 1.165) is 38.1 Å². The van der Waals surface area contributed by atoms with E-state index in [0.29, 0.717) is 92.3 Å². The van der Waals surface area contributed by atoms with Gasteiger partial charge in [0.2, 0.25) is 35.5 Å². The zero-order chi connectivity index (χ0) is 97.9. The third-order valence-corrected chi connectivity index (χ3v) is 28.3. The van der Waals surface area contributed by atoms with Gasteiger partial charge < -0.3 is 119 Å². The van der Waals surface area contributed by atoms with Gasteiger partial charge in [-0.05, 0) is 118 Å². The molecule has 1 aromatic heterocycles. The molecule has 8 aliphatic rings. The Kier molecular flexibility index (Phi) is 31.7. The molecule has 12 unspecified atom stereocenters. The maximum absolute atomic E-state index is 15.7. The number of nitrogens with two attached hydrogens (primary N) is 2. The monoisotopic (exact) mass is 1920 g/mol. The third kappa shape index (κ3) is 21.6. The first-order valence-corrected chi connectivity index (χ1v) is 46.0. The molecule has 49 heteroatoms. The summed E-state index contributed by atoms with van der Waals surface area (Å²) in [6.07, 6.45) is -1.67. The second-order valence-corrected chi connectivity index (χ2v) is 36.9. The minimum Gasteiger partial charge on any atom is -0.496 e. The van der Waals surface area contributed by atoms with Crippen molar-refractivity contribution in [3.63, 3.8) is 0 Å². The van der Waals surface area contributed by atoms with Crippen LogP contribution in [-0.4, -0.2) is 331 Å². The van der Waals surface area contributed by atoms with Gasteiger partial charge in [0.05, 0.1) is 63.6 Å². The molecule has 7 aliphatic heterocycles. The number of nitrogens with zero attached hydrogens (tertiary/aromatic N) is 7. The van der Waals surface area contributed by atoms with E-state index in [-0.39, 0.29) is 67.1 Å². The lowest BCUT2D eigenvalue weighted by molar-refractivity contribution is -0.204. The smallest absolute Gasteiger partial charge is 0.426 e. The summed E-state index contributed by atoms with van der Waals surface area (Å²) >= 11 is 0. The molecule has 3 fully saturated rings. The summed E-state index contributed by atoms with van der Waals surface area (Å²) in [6, 6.07) is 2.29. The molecule has 1 saturated carbocycles. The summed E-state index contributed by atoms with van der Waals surface area (Å²) in [7, 11) is 6.24. The van der Waals surface area contributed by atoms with E-state index in [9.17, 15) is 103 Å². The number of carbonyl (C=O) groups excluding carboxylic acids is 10. The van der Waals surface area contributed by atoms with Crippen molar-refractivity contribution in [1.29, 1.82) is 5.41 Å². The molecule has 3 aromatic carbocycles. The number of amides is 9. The minimum absolute atomic E-state index is 0.0328. The number of amidine groups is 1. The topological polar surface area (TPSA) is 717 Å². The number of ether oxygens (including phenoxy) is 3. The van der Waals surface area contributed by atoms with Crippen LogP contribution in [0.5, 0.6) is 5.75 Å². The average molecular weight is 1920 g/mol. The molecule has 8 heterocycles. The van der Waals surface area contributed by atoms with E-state index in [1.807, 2.05) is 61.6 Å². The number of aliphatic hydroxyl groups excluding tert-OH is 1. The minimum atomic E-state index is -2.76. The quantitative estimate of drug-likeness (QED) is 0.00427. The van der Waals surface area contributed by atoms with Crippen LogP contribution in [0.15, 0.2) is 92.8 Å². The zero-order valence-corrected chi connectivity index (χ0v) is 75.8. The number of nitrogens with one attached hydrogen (secondary N) is 12. The Labute approximate surface area is 778 Å². The lowest BCUT2D eigenvalue weighted by Gasteiger charge is -2.63. The van der Waals surface area contributed by atoms with Crippen LogP contribution < -0.4 is 74.5 Å². The van der Waals surface area contributed by atoms with Gasteiger partial charge in [0.25, 0.3) is 17.7 Å². The van der Waals surface area contributed by atoms with Crippen LogP contribution in [0.3, 0.4) is 0 Å². The largest absolute Gasteiger partial charge is 0.496 e. The number of piperidine rings is 1. The third-order valence-electron chi connectivity index (χ3n) is 25.9. The Morgan fingerprint density at radius 3 is 2.03 bits per heavy atom. The number of aliphatic hydroxyl groups is 3. The highest BCUT2D eigenvalue weighted by Crippen LogP contribution is 2.68. The van der Waals surface area contributed by atoms with E-state index in [2.05, 4.69) is 82.8 Å². The Morgan fingerprint density at radius 1 is 0.741 bits per heavy atom. The van der Waals surface area contributed by atoms with Crippen LogP contribution in [0.2, 0.25) is 0 Å². The number of anilines is 2. The zero-order valence-electron chi connectivity index (χ0n) is 74.1. The lowest BCUT2D eigenvalue weighted by atomic mass is 9.47. The Bertz CT molecular complexity index is 5500. The molecule has 135 heavy (non-hydrogen) atoms. The van der Waals surface area contributed by atoms with Gasteiger partial charge in [-0.1, -0.05) is 65.8 Å². The van der Waals surface area contributed by atoms with E-state index >= 15 is 9.59 Å². The maximum Gasteiger partial charge on any atom is 0.426 e. The first-order chi connectivity index (χ1) is 64.2. The van der Waals surface area contributed by atoms with Crippen molar-refractivity contribution in [1.82, 2.24) is 62.9 Å². The van der Waals surface area contributed by atoms with Gasteiger partial charge in [-0.25, -0.2) is 24.8 Å². The van der Waals surface area contributed by atoms with Crippen molar-refractivity contribution in [2.24, 2.45) is 42.8 Å². The Morgan fingerprint density at radius 2 is 1.39 bits per heavy atom. The van der Waals surface area contributed by atoms with Gasteiger partial charge in [-0.2, -0.15) is 9.98 Å². The van der Waals surface area contributed by atoms with Gasteiger partial charge in [-0.15, -0.1) is 0 Å². The molecule has 17 atom stereocenters. The molecule has 726 valence electrons. The molecule has 24 N–H and O–H groups in total. The molecule has 9 amide bonds. The summed E-state index contributed by atoms with van der Waals surface area (Å²) in [5.41, 5.74) is 12.1. The fourth-order valence-corrected chi connectivity index (χ4v) is 21.9. The van der Waals surface area contributed by atoms with Crippen molar-refractivity contribution in [3.05, 3.63) is 101 Å². The number of hydrogen-bond acceptors (Lipinski definition) is 32. The number of carboxylic acid groups (broad SMARTS) is 5. The number of hydrogen-bond donors (Lipinski definition) is 22. The average Bonchev–Trinajstić information content (AvgIpc) is 1.48. The lowest BCUT2D eigenvalue weighted by Crippen LogP contribution is -2.82. The van der Waals surface area contributed by atoms with Crippen molar-refractivity contribution in [2.45, 2.75) is 180 Å². The van der Waals surface area contributed by atoms with Crippen molar-refractivity contribution in [3.8, 4) is 5.75 Å². The number of carbonyl (C=O) groups is 15. The molecule has 4 aromatic rings. The number of aromatic amines is 1. The van der Waals surface area contributed by atoms with Crippen molar-refractivity contribution >= 4 is 163 Å². The van der Waals surface area contributed by atoms with Crippen LogP contribution in [0.25, 0.3) is 10.9 Å². The first-order valence-electron chi connectivity index (χ1n) is 43.5. The van der Waals surface area contributed by atoms with Gasteiger partial charge >= 0.3 is 41.9 Å². The van der Waals surface area contributed by atoms with Crippen LogP contribution >= 0.6 is 21.6 Å². The van der Waals surface area contributed by atoms with Gasteiger partial charge in [0, 0.05) is 120 Å². The van der Waals surface area contributed by atoms with E-state index in [4.69, 9.17) is 31.1 Å². The standard InChI is InChI=1S/C86H109N21O26S2/c1-6-82(129)35-42-36-85(78(127)132-5,64-47(21-26-106(39-42)41-82)46-12-8-9-13-50(46)95-64)49-30-48-57(34-58(49)131-4)105(3)75-84(48)23-27-107-25-11-22-83(7-2,74(84)107)76(125)86(75,130)77(126)103-104-81(128)133-28-29-134-135-40-56(73(123)124)100-70(119)55(33-62(113)114)99-69(118)54(32-61(111)112)98-67(116)51(14-10-24-90-79(87)88)96-68(117)53(31-60(109)110)94-59(108)20-19-52(72(121)122)97-66(115)43-15-17-44(18-16-43)91-37-45-38-92-65-63(93-45)71(120)102-80(89)101-65/h8-9,11-13,15-18,22,30,34,38,42,51-56,63,74-76,91,95,125,129-130H,6-7,10,14,19-21,23-29,31-33,35-37,39-41H2,1-5H3,(H,94,108)(H,96,117)(H,97,115)(H,98,116)(H,99,118)(H,100,119)(H,103,126)(H,104,128)(H,109,110)(H,111,112)(H,113,114)(H,121,122)(H,123,124)(H4,87,88,90)(H2,89,102,120)/t42?,51?,52?,53?,54?,55?,56?,63?,74?,75?,76?,82-,83+,84+,85-,86-/m0/s1. The number of H-pyrrole nitrogens is 1. The number of carboxylic acids is 5. The van der Waals surface area contributed by atoms with E-state index < -0.39 is 234 Å². The molecular formula is C86H109N21O26S2. The Hall–Kier alpha value is -13.4. The van der Waals surface area contributed by atoms with Crippen molar-refractivity contribution < 1.29 is 127 Å². The highest BCUT2D eigenvalue weighted by Gasteiger charge is 2.79. The highest BCUT2D eigenvalue weighted by molar-refractivity contribution is 8.76. The number of para-hydroxylation sites is 1. The number of benzene rings is 3. The summed E-state index contributed by atoms with van der Waals surface area (Å²) in [4.78, 5) is 227. The fraction of sp³-hybridized carbons (Fsp3) is 0.512. The molecule has 2 saturated heterocycles. The molecule has 2 bridgehead atoms. The number of fused-ring (bicyclic) bond motifs is 7. The summed E-state index contributed by atoms with van der Waals surface area (Å²) in [5, 5.41) is 116. The summed E-state index contributed by atoms with van der Waals surface area (Å²) in [6.45, 7) is 5.79. The SMILES string of the molecule is CC[C@]1(O)CC2CN(CCc3c([nH]c4ccccc34)[C@@](C(=O)OC)(c3cc4c(cc3OC)N(C)C3[C@@](O)(C(=O)NNC(=O)OCCSSCC(NC(=O)C(CC(=O)O)NC(=O)C(CC(=O)O)NC(=O)C(CCCNC(=N)N)NC(=O)C(CC(=O)O)NC(=O)CCC(NC(=O)c5ccc(NCC6=NC7C(=O)N=C(N)N=C7N=C6)cc5)C(=O)O)C(=O)O)C(O)[C@]5(CC)C=CCN6CC[C@]43C65)C2)C1. The highest BCUT2D eigenvalue weighted by atomic mass is 33.1. The summed E-state index contributed by atoms with van der Waals surface area (Å²) in [5.74, 6) is -20.0. The predicted octanol–water partition coefficient (Wildman–Crippen LogP) is -2.20. The molecule has 1 aliphatic carbocycles. The van der Waals surface area contributed by atoms with Gasteiger partial charge in [0.1, 0.15) is 60.1 Å². The molecule has 12 rings (SSSR count). The summed E-state index contributed by atoms with van der Waals surface area (Å²) < 4.78 is 17.7.